The molecule has 0 radical (unpaired) electrons. The largest absolute Gasteiger partial charge is 0.494 e. The number of hydrazine groups is 1. The Labute approximate surface area is 188 Å². The molecule has 0 saturated heterocycles. The highest BCUT2D eigenvalue weighted by Crippen LogP contribution is 2.18. The van der Waals surface area contributed by atoms with Crippen LogP contribution in [0.25, 0.3) is 0 Å². The van der Waals surface area contributed by atoms with Gasteiger partial charge in [-0.1, -0.05) is 37.6 Å². The number of thiocarbonyl (C=S) groups is 1. The summed E-state index contributed by atoms with van der Waals surface area (Å²) in [5.74, 6) is 0.942. The molecule has 2 aromatic rings. The molecule has 2 rings (SSSR count). The number of nitrogens with one attached hydrogen (secondary N) is 3. The lowest BCUT2D eigenvalue weighted by atomic mass is 10.1. The van der Waals surface area contributed by atoms with Crippen LogP contribution in [0.2, 0.25) is 0 Å². The van der Waals surface area contributed by atoms with Crippen LogP contribution in [0, 0.1) is 19.8 Å². The summed E-state index contributed by atoms with van der Waals surface area (Å²) in [7, 11) is 0. The van der Waals surface area contributed by atoms with Crippen LogP contribution in [0.4, 0.5) is 0 Å². The van der Waals surface area contributed by atoms with Gasteiger partial charge in [0.1, 0.15) is 11.5 Å². The number of hydrogen-bond donors (Lipinski definition) is 3. The number of ether oxygens (including phenoxy) is 2. The van der Waals surface area contributed by atoms with Gasteiger partial charge in [-0.25, -0.2) is 0 Å². The van der Waals surface area contributed by atoms with Gasteiger partial charge in [0.25, 0.3) is 11.8 Å². The summed E-state index contributed by atoms with van der Waals surface area (Å²) >= 11 is 5.06. The molecule has 0 unspecified atom stereocenters. The van der Waals surface area contributed by atoms with Crippen LogP contribution >= 0.6 is 12.2 Å². The van der Waals surface area contributed by atoms with E-state index >= 15 is 0 Å². The molecule has 0 bridgehead atoms. The van der Waals surface area contributed by atoms with E-state index in [1.807, 2.05) is 32.0 Å². The average molecular weight is 444 g/mol. The number of carbonyl (C=O) groups excluding carboxylic acids is 2. The molecular formula is C23H29N3O4S. The molecule has 0 aliphatic heterocycles. The predicted octanol–water partition coefficient (Wildman–Crippen LogP) is 3.44. The van der Waals surface area contributed by atoms with E-state index in [9.17, 15) is 9.59 Å². The molecule has 3 N–H and O–H groups in total. The highest BCUT2D eigenvalue weighted by molar-refractivity contribution is 7.80. The zero-order chi connectivity index (χ0) is 22.8. The Kier molecular flexibility index (Phi) is 9.27. The molecule has 8 heteroatoms. The van der Waals surface area contributed by atoms with E-state index in [1.54, 1.807) is 24.3 Å². The smallest absolute Gasteiger partial charge is 0.276 e. The maximum atomic E-state index is 12.4. The summed E-state index contributed by atoms with van der Waals surface area (Å²) in [6.07, 6.45) is 0.928. The maximum Gasteiger partial charge on any atom is 0.276 e. The quantitative estimate of drug-likeness (QED) is 0.428. The Morgan fingerprint density at radius 2 is 1.81 bits per heavy atom. The molecule has 0 heterocycles. The number of aryl methyl sites for hydroxylation is 2. The first kappa shape index (κ1) is 24.1. The minimum atomic E-state index is -0.433. The van der Waals surface area contributed by atoms with E-state index in [-0.39, 0.29) is 11.7 Å². The van der Waals surface area contributed by atoms with E-state index in [1.165, 1.54) is 0 Å². The first-order valence-corrected chi connectivity index (χ1v) is 10.5. The van der Waals surface area contributed by atoms with Crippen LogP contribution in [-0.2, 0) is 4.79 Å². The Morgan fingerprint density at radius 1 is 1.03 bits per heavy atom. The Balaban J connectivity index is 1.76. The number of benzene rings is 2. The molecule has 0 atom stereocenters. The highest BCUT2D eigenvalue weighted by atomic mass is 32.1. The van der Waals surface area contributed by atoms with Crippen LogP contribution in [0.1, 0.15) is 41.8 Å². The molecule has 2 aromatic carbocycles. The van der Waals surface area contributed by atoms with Crippen LogP contribution in [0.5, 0.6) is 11.5 Å². The lowest BCUT2D eigenvalue weighted by Crippen LogP contribution is -2.49. The summed E-state index contributed by atoms with van der Waals surface area (Å²) in [6, 6.07) is 12.5. The summed E-state index contributed by atoms with van der Waals surface area (Å²) in [6.45, 7) is 8.53. The van der Waals surface area contributed by atoms with Gasteiger partial charge >= 0.3 is 0 Å². The third-order valence-corrected chi connectivity index (χ3v) is 4.50. The summed E-state index contributed by atoms with van der Waals surface area (Å²) in [5.41, 5.74) is 7.35. The minimum absolute atomic E-state index is 0.0315. The fourth-order valence-corrected chi connectivity index (χ4v) is 2.76. The van der Waals surface area contributed by atoms with Gasteiger partial charge in [-0.15, -0.1) is 0 Å². The topological polar surface area (TPSA) is 88.7 Å². The van der Waals surface area contributed by atoms with Crippen molar-refractivity contribution in [3.8, 4) is 11.5 Å². The van der Waals surface area contributed by atoms with Crippen molar-refractivity contribution in [3.63, 3.8) is 0 Å². The lowest BCUT2D eigenvalue weighted by Gasteiger charge is -2.13. The van der Waals surface area contributed by atoms with Crippen LogP contribution in [-0.4, -0.2) is 30.1 Å². The molecule has 0 aliphatic rings. The Morgan fingerprint density at radius 3 is 2.52 bits per heavy atom. The monoisotopic (exact) mass is 443 g/mol. The molecule has 0 spiro atoms. The number of rotatable bonds is 8. The van der Waals surface area contributed by atoms with Crippen LogP contribution in [0.3, 0.4) is 0 Å². The van der Waals surface area contributed by atoms with Gasteiger partial charge in [0, 0.05) is 5.56 Å². The highest BCUT2D eigenvalue weighted by Gasteiger charge is 2.10. The molecule has 166 valence electrons. The number of carbonyl (C=O) groups is 2. The van der Waals surface area contributed by atoms with Crippen molar-refractivity contribution in [2.75, 3.05) is 13.2 Å². The van der Waals surface area contributed by atoms with Crippen molar-refractivity contribution in [1.82, 2.24) is 16.2 Å². The molecule has 0 aliphatic carbocycles. The third kappa shape index (κ3) is 8.64. The van der Waals surface area contributed by atoms with E-state index in [4.69, 9.17) is 21.7 Å². The lowest BCUT2D eigenvalue weighted by molar-refractivity contribution is -0.123. The molecule has 0 aromatic heterocycles. The average Bonchev–Trinajstić information content (AvgIpc) is 2.71. The summed E-state index contributed by atoms with van der Waals surface area (Å²) in [4.78, 5) is 24.3. The fourth-order valence-electron chi connectivity index (χ4n) is 2.61. The molecule has 0 fully saturated rings. The van der Waals surface area contributed by atoms with Gasteiger partial charge in [-0.3, -0.25) is 25.8 Å². The normalized spacial score (nSPS) is 10.4. The predicted molar refractivity (Wildman–Crippen MR) is 124 cm³/mol. The van der Waals surface area contributed by atoms with Gasteiger partial charge in [0.2, 0.25) is 0 Å². The van der Waals surface area contributed by atoms with Gasteiger partial charge < -0.3 is 9.47 Å². The zero-order valence-corrected chi connectivity index (χ0v) is 19.1. The number of amides is 2. The Hall–Kier alpha value is -3.13. The van der Waals surface area contributed by atoms with Crippen molar-refractivity contribution in [2.45, 2.75) is 34.1 Å². The van der Waals surface area contributed by atoms with Gasteiger partial charge in [-0.2, -0.15) is 0 Å². The zero-order valence-electron chi connectivity index (χ0n) is 18.3. The Bertz CT molecular complexity index is 931. The van der Waals surface area contributed by atoms with Crippen molar-refractivity contribution >= 4 is 29.1 Å². The number of hydrogen-bond acceptors (Lipinski definition) is 5. The molecule has 31 heavy (non-hydrogen) atoms. The van der Waals surface area contributed by atoms with E-state index < -0.39 is 11.8 Å². The van der Waals surface area contributed by atoms with Crippen molar-refractivity contribution in [2.24, 2.45) is 5.92 Å². The third-order valence-electron chi connectivity index (χ3n) is 4.29. The summed E-state index contributed by atoms with van der Waals surface area (Å²) in [5, 5.41) is 2.48. The SMILES string of the molecule is Cc1ccc(OCC(=O)NNC(=S)NC(=O)c2cccc(OCCC(C)C)c2)c(C)c1. The molecule has 7 nitrogen and oxygen atoms in total. The van der Waals surface area contributed by atoms with E-state index in [0.29, 0.717) is 29.6 Å². The second-order valence-corrected chi connectivity index (χ2v) is 7.98. The van der Waals surface area contributed by atoms with Gasteiger partial charge in [0.15, 0.2) is 11.7 Å². The van der Waals surface area contributed by atoms with E-state index in [0.717, 1.165) is 17.5 Å². The minimum Gasteiger partial charge on any atom is -0.494 e. The first-order chi connectivity index (χ1) is 14.7. The first-order valence-electron chi connectivity index (χ1n) is 10.1. The fraction of sp³-hybridized carbons (Fsp3) is 0.348. The van der Waals surface area contributed by atoms with Crippen molar-refractivity contribution in [1.29, 1.82) is 0 Å². The molecule has 0 saturated carbocycles. The standard InChI is InChI=1S/C23H29N3O4S/c1-15(2)10-11-29-19-7-5-6-18(13-19)22(28)24-23(31)26-25-21(27)14-30-20-9-8-16(3)12-17(20)4/h5-9,12-13,15H,10-11,14H2,1-4H3,(H,25,27)(H2,24,26,28,31). The summed E-state index contributed by atoms with van der Waals surface area (Å²) < 4.78 is 11.2. The van der Waals surface area contributed by atoms with E-state index in [2.05, 4.69) is 30.0 Å². The second kappa shape index (κ2) is 11.9. The van der Waals surface area contributed by atoms with Gasteiger partial charge in [0.05, 0.1) is 6.61 Å². The van der Waals surface area contributed by atoms with Crippen molar-refractivity contribution in [3.05, 3.63) is 59.2 Å². The second-order valence-electron chi connectivity index (χ2n) is 7.57. The van der Waals surface area contributed by atoms with Gasteiger partial charge in [-0.05, 0) is 68.2 Å². The van der Waals surface area contributed by atoms with Crippen molar-refractivity contribution < 1.29 is 19.1 Å². The molecular weight excluding hydrogens is 414 g/mol. The maximum absolute atomic E-state index is 12.4. The molecule has 2 amide bonds. The van der Waals surface area contributed by atoms with Crippen LogP contribution in [0.15, 0.2) is 42.5 Å². The van der Waals surface area contributed by atoms with Crippen LogP contribution < -0.4 is 25.6 Å².